The first-order chi connectivity index (χ1) is 14.5. The van der Waals surface area contributed by atoms with E-state index in [1.165, 1.54) is 5.56 Å². The van der Waals surface area contributed by atoms with E-state index < -0.39 is 6.04 Å². The van der Waals surface area contributed by atoms with Crippen molar-refractivity contribution in [1.29, 1.82) is 0 Å². The van der Waals surface area contributed by atoms with Gasteiger partial charge in [-0.3, -0.25) is 9.59 Å². The molecule has 3 rings (SSSR count). The molecule has 0 radical (unpaired) electrons. The minimum Gasteiger partial charge on any atom is -0.344 e. The molecule has 5 heteroatoms. The lowest BCUT2D eigenvalue weighted by Crippen LogP contribution is -2.53. The molecule has 2 aromatic rings. The monoisotopic (exact) mass is 426 g/mol. The van der Waals surface area contributed by atoms with Gasteiger partial charge < -0.3 is 10.2 Å². The quantitative estimate of drug-likeness (QED) is 0.690. The Morgan fingerprint density at radius 1 is 1.07 bits per heavy atom. The number of piperidine rings is 1. The van der Waals surface area contributed by atoms with Crippen LogP contribution in [0.4, 0.5) is 0 Å². The van der Waals surface area contributed by atoms with E-state index in [0.29, 0.717) is 25.4 Å². The summed E-state index contributed by atoms with van der Waals surface area (Å²) in [4.78, 5) is 27.8. The Morgan fingerprint density at radius 3 is 2.30 bits per heavy atom. The van der Waals surface area contributed by atoms with Gasteiger partial charge >= 0.3 is 0 Å². The Balaban J connectivity index is 1.60. The summed E-state index contributed by atoms with van der Waals surface area (Å²) in [6, 6.07) is 17.2. The Morgan fingerprint density at radius 2 is 1.70 bits per heavy atom. The fourth-order valence-electron chi connectivity index (χ4n) is 4.05. The summed E-state index contributed by atoms with van der Waals surface area (Å²) in [6.07, 6.45) is 2.99. The Labute approximate surface area is 184 Å². The number of nitrogens with zero attached hydrogens (tertiary/aromatic N) is 1. The number of carbonyl (C=O) groups excluding carboxylic acids is 2. The van der Waals surface area contributed by atoms with E-state index >= 15 is 0 Å². The van der Waals surface area contributed by atoms with Crippen LogP contribution in [0.5, 0.6) is 0 Å². The number of carbonyl (C=O) groups is 2. The highest BCUT2D eigenvalue weighted by molar-refractivity contribution is 6.30. The standard InChI is InChI=1S/C25H31ClN2O2/c1-3-18(2)24(27-23(29)17-19-7-5-4-6-8-19)25(30)28-15-13-21(14-16-28)20-9-11-22(26)12-10-20/h4-12,18,21,24H,3,13-17H2,1-2H3,(H,27,29)/t18-,24+/m0/s1. The van der Waals surface area contributed by atoms with Crippen LogP contribution in [-0.4, -0.2) is 35.8 Å². The summed E-state index contributed by atoms with van der Waals surface area (Å²) in [5.74, 6) is 0.475. The van der Waals surface area contributed by atoms with Crippen molar-refractivity contribution in [2.45, 2.75) is 51.5 Å². The largest absolute Gasteiger partial charge is 0.344 e. The lowest BCUT2D eigenvalue weighted by molar-refractivity contribution is -0.138. The molecule has 0 saturated carbocycles. The molecule has 0 spiro atoms. The van der Waals surface area contributed by atoms with Crippen LogP contribution in [0.15, 0.2) is 54.6 Å². The molecule has 0 aliphatic carbocycles. The van der Waals surface area contributed by atoms with E-state index in [1.807, 2.05) is 54.3 Å². The van der Waals surface area contributed by atoms with Crippen LogP contribution in [0.1, 0.15) is 50.2 Å². The van der Waals surface area contributed by atoms with Gasteiger partial charge in [-0.2, -0.15) is 0 Å². The van der Waals surface area contributed by atoms with Crippen LogP contribution in [-0.2, 0) is 16.0 Å². The maximum Gasteiger partial charge on any atom is 0.245 e. The zero-order valence-corrected chi connectivity index (χ0v) is 18.6. The first kappa shape index (κ1) is 22.4. The summed E-state index contributed by atoms with van der Waals surface area (Å²) in [5.41, 5.74) is 2.23. The highest BCUT2D eigenvalue weighted by Crippen LogP contribution is 2.29. The van der Waals surface area contributed by atoms with Crippen molar-refractivity contribution >= 4 is 23.4 Å². The molecule has 4 nitrogen and oxygen atoms in total. The van der Waals surface area contributed by atoms with Crippen molar-refractivity contribution in [3.8, 4) is 0 Å². The Kier molecular flexibility index (Phi) is 7.92. The predicted octanol–water partition coefficient (Wildman–Crippen LogP) is 4.82. The maximum absolute atomic E-state index is 13.3. The minimum absolute atomic E-state index is 0.0420. The molecule has 0 bridgehead atoms. The molecule has 2 amide bonds. The van der Waals surface area contributed by atoms with Gasteiger partial charge in [0.05, 0.1) is 6.42 Å². The maximum atomic E-state index is 13.3. The molecule has 2 atom stereocenters. The number of benzene rings is 2. The van der Waals surface area contributed by atoms with Crippen molar-refractivity contribution in [3.05, 3.63) is 70.7 Å². The zero-order chi connectivity index (χ0) is 21.5. The summed E-state index contributed by atoms with van der Waals surface area (Å²) in [5, 5.41) is 3.76. The summed E-state index contributed by atoms with van der Waals surface area (Å²) in [7, 11) is 0. The van der Waals surface area contributed by atoms with Crippen molar-refractivity contribution < 1.29 is 9.59 Å². The molecule has 160 valence electrons. The SMILES string of the molecule is CC[C@H](C)[C@@H](NC(=O)Cc1ccccc1)C(=O)N1CCC(c2ccc(Cl)cc2)CC1. The summed E-state index contributed by atoms with van der Waals surface area (Å²) < 4.78 is 0. The zero-order valence-electron chi connectivity index (χ0n) is 17.8. The third kappa shape index (κ3) is 5.85. The lowest BCUT2D eigenvalue weighted by atomic mass is 9.88. The van der Waals surface area contributed by atoms with Gasteiger partial charge in [0, 0.05) is 18.1 Å². The fourth-order valence-corrected chi connectivity index (χ4v) is 4.18. The smallest absolute Gasteiger partial charge is 0.245 e. The molecular weight excluding hydrogens is 396 g/mol. The number of hydrogen-bond acceptors (Lipinski definition) is 2. The average molecular weight is 427 g/mol. The Hall–Kier alpha value is -2.33. The molecule has 0 aromatic heterocycles. The van der Waals surface area contributed by atoms with Gasteiger partial charge in [-0.25, -0.2) is 0 Å². The van der Waals surface area contributed by atoms with Gasteiger partial charge in [0.2, 0.25) is 11.8 Å². The third-order valence-electron chi connectivity index (χ3n) is 6.15. The fraction of sp³-hybridized carbons (Fsp3) is 0.440. The van der Waals surface area contributed by atoms with Crippen LogP contribution < -0.4 is 5.32 Å². The average Bonchev–Trinajstić information content (AvgIpc) is 2.78. The third-order valence-corrected chi connectivity index (χ3v) is 6.40. The first-order valence-corrected chi connectivity index (χ1v) is 11.2. The summed E-state index contributed by atoms with van der Waals surface area (Å²) in [6.45, 7) is 5.52. The molecule has 1 fully saturated rings. The van der Waals surface area contributed by atoms with E-state index in [2.05, 4.69) is 24.4 Å². The molecular formula is C25H31ClN2O2. The lowest BCUT2D eigenvalue weighted by Gasteiger charge is -2.36. The molecule has 1 aliphatic rings. The van der Waals surface area contributed by atoms with Crippen molar-refractivity contribution in [3.63, 3.8) is 0 Å². The number of hydrogen-bond donors (Lipinski definition) is 1. The molecule has 1 aliphatic heterocycles. The molecule has 1 heterocycles. The van der Waals surface area contributed by atoms with E-state index in [0.717, 1.165) is 29.8 Å². The molecule has 30 heavy (non-hydrogen) atoms. The van der Waals surface area contributed by atoms with Crippen molar-refractivity contribution in [2.24, 2.45) is 5.92 Å². The summed E-state index contributed by atoms with van der Waals surface area (Å²) >= 11 is 6.00. The van der Waals surface area contributed by atoms with E-state index in [4.69, 9.17) is 11.6 Å². The van der Waals surface area contributed by atoms with Crippen LogP contribution in [0.3, 0.4) is 0 Å². The van der Waals surface area contributed by atoms with Crippen LogP contribution >= 0.6 is 11.6 Å². The first-order valence-electron chi connectivity index (χ1n) is 10.9. The minimum atomic E-state index is -0.474. The highest BCUT2D eigenvalue weighted by Gasteiger charge is 2.32. The van der Waals surface area contributed by atoms with Gasteiger partial charge in [0.15, 0.2) is 0 Å². The van der Waals surface area contributed by atoms with E-state index in [-0.39, 0.29) is 17.7 Å². The predicted molar refractivity (Wildman–Crippen MR) is 122 cm³/mol. The number of rotatable bonds is 7. The molecule has 0 unspecified atom stereocenters. The second kappa shape index (κ2) is 10.6. The van der Waals surface area contributed by atoms with Crippen LogP contribution in [0.25, 0.3) is 0 Å². The van der Waals surface area contributed by atoms with Gasteiger partial charge in [-0.1, -0.05) is 74.3 Å². The highest BCUT2D eigenvalue weighted by atomic mass is 35.5. The van der Waals surface area contributed by atoms with Gasteiger partial charge in [-0.05, 0) is 47.9 Å². The van der Waals surface area contributed by atoms with Gasteiger partial charge in [0.25, 0.3) is 0 Å². The van der Waals surface area contributed by atoms with Gasteiger partial charge in [-0.15, -0.1) is 0 Å². The number of nitrogens with one attached hydrogen (secondary N) is 1. The van der Waals surface area contributed by atoms with Crippen LogP contribution in [0, 0.1) is 5.92 Å². The Bertz CT molecular complexity index is 830. The number of likely N-dealkylation sites (tertiary alicyclic amines) is 1. The molecule has 1 N–H and O–H groups in total. The van der Waals surface area contributed by atoms with E-state index in [1.54, 1.807) is 0 Å². The second-order valence-corrected chi connectivity index (χ2v) is 8.68. The topological polar surface area (TPSA) is 49.4 Å². The van der Waals surface area contributed by atoms with E-state index in [9.17, 15) is 9.59 Å². The normalized spacial score (nSPS) is 16.7. The molecule has 1 saturated heterocycles. The van der Waals surface area contributed by atoms with Crippen LogP contribution in [0.2, 0.25) is 5.02 Å². The van der Waals surface area contributed by atoms with Gasteiger partial charge in [0.1, 0.15) is 6.04 Å². The van der Waals surface area contributed by atoms with Crippen molar-refractivity contribution in [1.82, 2.24) is 10.2 Å². The number of amides is 2. The van der Waals surface area contributed by atoms with Crippen molar-refractivity contribution in [2.75, 3.05) is 13.1 Å². The second-order valence-electron chi connectivity index (χ2n) is 8.24. The molecule has 2 aromatic carbocycles. The number of halogens is 1.